The Morgan fingerprint density at radius 2 is 1.91 bits per heavy atom. The monoisotopic (exact) mass is 331 g/mol. The molecule has 0 aromatic heterocycles. The number of hydrogen-bond donors (Lipinski definition) is 0. The van der Waals surface area contributed by atoms with Crippen LogP contribution in [0.5, 0.6) is 0 Å². The van der Waals surface area contributed by atoms with Gasteiger partial charge < -0.3 is 0 Å². The Balaban J connectivity index is 2.94. The second-order valence-electron chi connectivity index (χ2n) is 4.18. The van der Waals surface area contributed by atoms with E-state index in [1.54, 1.807) is 14.1 Å². The summed E-state index contributed by atoms with van der Waals surface area (Å²) in [6.45, 7) is 9.60. The minimum absolute atomic E-state index is 1.00. The van der Waals surface area contributed by atoms with Gasteiger partial charge in [0.15, 0.2) is 0 Å². The fourth-order valence-corrected chi connectivity index (χ4v) is 4.83. The van der Waals surface area contributed by atoms with Gasteiger partial charge in [-0.3, -0.25) is 0 Å². The average Bonchev–Trinajstić information content (AvgIpc) is 2.11. The van der Waals surface area contributed by atoms with Gasteiger partial charge in [-0.25, -0.2) is 0 Å². The molecule has 0 radical (unpaired) electrons. The van der Waals surface area contributed by atoms with Crippen molar-refractivity contribution in [3.8, 4) is 0 Å². The summed E-state index contributed by atoms with van der Waals surface area (Å²) < 4.78 is 1.71. The molecule has 11 heavy (non-hydrogen) atoms. The topological polar surface area (TPSA) is 0 Å². The molecule has 59 valence electrons. The third-order valence-electron chi connectivity index (χ3n) is 2.17. The Hall–Kier alpha value is 0.567. The predicted octanol–water partition coefficient (Wildman–Crippen LogP) is 3.01. The fourth-order valence-electron chi connectivity index (χ4n) is 1.54. The molecular weight excluding hydrogens is 315 g/mol. The SMILES string of the molecule is CC1=[C]([Hf])CC=C1[Si](C)(C)C. The van der Waals surface area contributed by atoms with Crippen molar-refractivity contribution in [2.75, 3.05) is 0 Å². The molecule has 0 nitrogen and oxygen atoms in total. The Morgan fingerprint density at radius 1 is 1.36 bits per heavy atom. The number of allylic oxidation sites excluding steroid dienone is 4. The van der Waals surface area contributed by atoms with E-state index in [9.17, 15) is 0 Å². The molecule has 0 unspecified atom stereocenters. The molecule has 0 spiro atoms. The van der Waals surface area contributed by atoms with Crippen LogP contribution in [-0.2, 0) is 24.4 Å². The van der Waals surface area contributed by atoms with Gasteiger partial charge in [0.2, 0.25) is 0 Å². The van der Waals surface area contributed by atoms with E-state index in [1.165, 1.54) is 30.8 Å². The molecule has 0 aromatic carbocycles. The van der Waals surface area contributed by atoms with E-state index in [0.717, 1.165) is 0 Å². The van der Waals surface area contributed by atoms with Crippen LogP contribution < -0.4 is 0 Å². The third kappa shape index (κ3) is 2.03. The molecule has 0 saturated carbocycles. The summed E-state index contributed by atoms with van der Waals surface area (Å²) in [5.74, 6) is 0. The van der Waals surface area contributed by atoms with Crippen LogP contribution in [0.1, 0.15) is 13.3 Å². The molecule has 2 heteroatoms. The number of rotatable bonds is 1. The van der Waals surface area contributed by atoms with Crippen molar-refractivity contribution >= 4 is 8.07 Å². The Kier molecular flexibility index (Phi) is 2.75. The second kappa shape index (κ2) is 3.13. The van der Waals surface area contributed by atoms with Gasteiger partial charge >= 0.3 is 85.6 Å². The predicted molar refractivity (Wildman–Crippen MR) is 48.7 cm³/mol. The van der Waals surface area contributed by atoms with Crippen LogP contribution in [0.15, 0.2) is 20.2 Å². The van der Waals surface area contributed by atoms with E-state index in [0.29, 0.717) is 0 Å². The van der Waals surface area contributed by atoms with E-state index in [-0.39, 0.29) is 0 Å². The molecule has 0 aliphatic heterocycles. The average molecular weight is 330 g/mol. The van der Waals surface area contributed by atoms with Crippen molar-refractivity contribution in [2.24, 2.45) is 0 Å². The molecule has 1 rings (SSSR count). The molecule has 1 aliphatic rings. The standard InChI is InChI=1S/C9H15Si.Hf/c1-8-6-5-7-9(8)10(2,3)4;/h7H,5H2,1-4H3;. The maximum atomic E-state index is 2.46. The van der Waals surface area contributed by atoms with Gasteiger partial charge in [-0.05, 0) is 0 Å². The molecule has 0 N–H and O–H groups in total. The molecule has 0 atom stereocenters. The zero-order valence-corrected chi connectivity index (χ0v) is 12.4. The quantitative estimate of drug-likeness (QED) is 0.649. The second-order valence-corrected chi connectivity index (χ2v) is 11.4. The first-order chi connectivity index (χ1) is 4.93. The fraction of sp³-hybridized carbons (Fsp3) is 0.556. The van der Waals surface area contributed by atoms with Crippen molar-refractivity contribution in [1.82, 2.24) is 0 Å². The van der Waals surface area contributed by atoms with Crippen molar-refractivity contribution in [1.29, 1.82) is 0 Å². The van der Waals surface area contributed by atoms with Crippen LogP contribution in [-0.4, -0.2) is 8.07 Å². The van der Waals surface area contributed by atoms with Gasteiger partial charge in [0.05, 0.1) is 0 Å². The Bertz CT molecular complexity index is 230. The minimum atomic E-state index is -1.00. The maximum absolute atomic E-state index is 2.46. The van der Waals surface area contributed by atoms with Crippen molar-refractivity contribution in [3.05, 3.63) is 20.2 Å². The van der Waals surface area contributed by atoms with Crippen LogP contribution in [0.25, 0.3) is 0 Å². The zero-order valence-electron chi connectivity index (χ0n) is 7.78. The molecule has 0 fully saturated rings. The zero-order chi connectivity index (χ0) is 8.65. The van der Waals surface area contributed by atoms with Gasteiger partial charge in [0.25, 0.3) is 0 Å². The van der Waals surface area contributed by atoms with Gasteiger partial charge in [0, 0.05) is 0 Å². The summed E-state index contributed by atoms with van der Waals surface area (Å²) in [6, 6.07) is 0. The van der Waals surface area contributed by atoms with E-state index in [2.05, 4.69) is 32.6 Å². The third-order valence-corrected chi connectivity index (χ3v) is 6.45. The van der Waals surface area contributed by atoms with Crippen molar-refractivity contribution in [2.45, 2.75) is 33.0 Å². The van der Waals surface area contributed by atoms with Crippen LogP contribution in [0.3, 0.4) is 0 Å². The summed E-state index contributed by atoms with van der Waals surface area (Å²) >= 11 is 1.26. The van der Waals surface area contributed by atoms with Crippen molar-refractivity contribution in [3.63, 3.8) is 0 Å². The summed E-state index contributed by atoms with van der Waals surface area (Å²) in [5.41, 5.74) is 1.64. The van der Waals surface area contributed by atoms with Gasteiger partial charge in [-0.1, -0.05) is 0 Å². The normalized spacial score (nSPS) is 19.0. The summed E-state index contributed by atoms with van der Waals surface area (Å²) in [7, 11) is -1.00. The van der Waals surface area contributed by atoms with Crippen molar-refractivity contribution < 1.29 is 24.4 Å². The molecule has 0 bridgehead atoms. The molecule has 0 aromatic rings. The van der Waals surface area contributed by atoms with E-state index in [1.807, 2.05) is 0 Å². The summed E-state index contributed by atoms with van der Waals surface area (Å²) in [4.78, 5) is 0. The van der Waals surface area contributed by atoms with E-state index in [4.69, 9.17) is 0 Å². The van der Waals surface area contributed by atoms with Crippen LogP contribution in [0.2, 0.25) is 19.6 Å². The Labute approximate surface area is 85.3 Å². The molecule has 1 aliphatic carbocycles. The molecular formula is C9H15HfSi. The van der Waals surface area contributed by atoms with Gasteiger partial charge in [-0.2, -0.15) is 0 Å². The van der Waals surface area contributed by atoms with Gasteiger partial charge in [-0.15, -0.1) is 0 Å². The first kappa shape index (κ1) is 9.65. The first-order valence-corrected chi connectivity index (χ1v) is 9.35. The summed E-state index contributed by atoms with van der Waals surface area (Å²) in [5, 5.41) is 1.71. The van der Waals surface area contributed by atoms with Gasteiger partial charge in [0.1, 0.15) is 0 Å². The van der Waals surface area contributed by atoms with Crippen LogP contribution >= 0.6 is 0 Å². The van der Waals surface area contributed by atoms with Crippen LogP contribution in [0, 0.1) is 0 Å². The first-order valence-electron chi connectivity index (χ1n) is 4.05. The Morgan fingerprint density at radius 3 is 2.09 bits per heavy atom. The number of hydrogen-bond acceptors (Lipinski definition) is 0. The van der Waals surface area contributed by atoms with E-state index < -0.39 is 8.07 Å². The summed E-state index contributed by atoms with van der Waals surface area (Å²) in [6.07, 6.45) is 3.72. The molecule has 0 saturated heterocycles. The van der Waals surface area contributed by atoms with E-state index >= 15 is 0 Å². The molecule has 0 heterocycles. The molecule has 0 amide bonds. The van der Waals surface area contributed by atoms with Crippen LogP contribution in [0.4, 0.5) is 0 Å².